The molecule has 1 aliphatic heterocycles. The van der Waals surface area contributed by atoms with E-state index >= 15 is 0 Å². The summed E-state index contributed by atoms with van der Waals surface area (Å²) in [5, 5.41) is 6.95. The topological polar surface area (TPSA) is 93.0 Å². The molecule has 32 heavy (non-hydrogen) atoms. The van der Waals surface area contributed by atoms with E-state index in [-0.39, 0.29) is 6.03 Å². The number of nitrogens with zero attached hydrogens (tertiary/aromatic N) is 4. The van der Waals surface area contributed by atoms with Crippen molar-refractivity contribution < 1.29 is 18.8 Å². The molecule has 2 aromatic carbocycles. The monoisotopic (exact) mass is 437 g/mol. The lowest BCUT2D eigenvalue weighted by atomic mass is 10.1. The predicted molar refractivity (Wildman–Crippen MR) is 121 cm³/mol. The molecule has 0 radical (unpaired) electrons. The molecular formula is C23H27N5O4. The highest BCUT2D eigenvalue weighted by Crippen LogP contribution is 2.30. The second kappa shape index (κ2) is 9.59. The van der Waals surface area contributed by atoms with Crippen LogP contribution in [0.2, 0.25) is 0 Å². The molecule has 1 aliphatic rings. The summed E-state index contributed by atoms with van der Waals surface area (Å²) in [6.07, 6.45) is 0.717. The van der Waals surface area contributed by atoms with Gasteiger partial charge in [0.15, 0.2) is 11.5 Å². The van der Waals surface area contributed by atoms with Gasteiger partial charge in [0.2, 0.25) is 11.7 Å². The molecule has 2 amide bonds. The maximum Gasteiger partial charge on any atom is 0.321 e. The number of piperazine rings is 1. The van der Waals surface area contributed by atoms with Crippen molar-refractivity contribution in [3.63, 3.8) is 0 Å². The summed E-state index contributed by atoms with van der Waals surface area (Å²) in [6, 6.07) is 13.3. The lowest BCUT2D eigenvalue weighted by molar-refractivity contribution is 0.208. The number of rotatable bonds is 6. The van der Waals surface area contributed by atoms with E-state index in [0.29, 0.717) is 42.0 Å². The molecule has 4 rings (SSSR count). The number of ether oxygens (including phenoxy) is 2. The van der Waals surface area contributed by atoms with Crippen LogP contribution in [0.15, 0.2) is 47.0 Å². The van der Waals surface area contributed by atoms with Crippen molar-refractivity contribution in [1.82, 2.24) is 15.0 Å². The number of hydrogen-bond donors (Lipinski definition) is 1. The summed E-state index contributed by atoms with van der Waals surface area (Å²) < 4.78 is 15.7. The lowest BCUT2D eigenvalue weighted by Crippen LogP contribution is -2.50. The van der Waals surface area contributed by atoms with E-state index in [0.717, 1.165) is 30.8 Å². The zero-order valence-corrected chi connectivity index (χ0v) is 18.5. The van der Waals surface area contributed by atoms with Gasteiger partial charge in [-0.15, -0.1) is 0 Å². The number of anilines is 2. The third-order valence-corrected chi connectivity index (χ3v) is 5.46. The van der Waals surface area contributed by atoms with Gasteiger partial charge in [-0.1, -0.05) is 12.1 Å². The van der Waals surface area contributed by atoms with Gasteiger partial charge in [0, 0.05) is 55.6 Å². The number of nitrogens with one attached hydrogen (secondary N) is 1. The van der Waals surface area contributed by atoms with Crippen LogP contribution in [0.1, 0.15) is 12.8 Å². The Morgan fingerprint density at radius 1 is 1.03 bits per heavy atom. The fourth-order valence-corrected chi connectivity index (χ4v) is 3.62. The average molecular weight is 438 g/mol. The molecule has 1 fully saturated rings. The normalized spacial score (nSPS) is 13.7. The molecule has 0 atom stereocenters. The van der Waals surface area contributed by atoms with Crippen molar-refractivity contribution in [2.24, 2.45) is 0 Å². The van der Waals surface area contributed by atoms with Crippen LogP contribution >= 0.6 is 0 Å². The Morgan fingerprint density at radius 3 is 2.38 bits per heavy atom. The van der Waals surface area contributed by atoms with Crippen LogP contribution in [0, 0.1) is 0 Å². The number of aryl methyl sites for hydroxylation is 1. The molecular weight excluding hydrogens is 410 g/mol. The smallest absolute Gasteiger partial charge is 0.321 e. The molecule has 9 nitrogen and oxygen atoms in total. The summed E-state index contributed by atoms with van der Waals surface area (Å²) in [7, 11) is 3.15. The van der Waals surface area contributed by atoms with E-state index in [1.807, 2.05) is 24.0 Å². The number of urea groups is 1. The number of benzene rings is 2. The van der Waals surface area contributed by atoms with Crippen LogP contribution in [-0.2, 0) is 6.42 Å². The Kier molecular flexibility index (Phi) is 6.44. The number of carbonyl (C=O) groups is 1. The molecule has 0 bridgehead atoms. The molecule has 9 heteroatoms. The number of carbonyl (C=O) groups excluding carboxylic acids is 1. The Bertz CT molecular complexity index is 1060. The average Bonchev–Trinajstić information content (AvgIpc) is 3.33. The first-order valence-electron chi connectivity index (χ1n) is 10.6. The van der Waals surface area contributed by atoms with Gasteiger partial charge in [0.1, 0.15) is 0 Å². The molecule has 168 valence electrons. The van der Waals surface area contributed by atoms with Gasteiger partial charge in [0.05, 0.1) is 14.2 Å². The van der Waals surface area contributed by atoms with Crippen molar-refractivity contribution in [2.45, 2.75) is 13.3 Å². The fraction of sp³-hybridized carbons (Fsp3) is 0.348. The lowest BCUT2D eigenvalue weighted by Gasteiger charge is -2.36. The Labute approximate surface area is 186 Å². The zero-order chi connectivity index (χ0) is 22.5. The SMILES string of the molecule is CCc1nc(-c2ccc(N3CCN(C(=O)Nc4ccc(OC)c(OC)c4)CC3)cc2)no1. The molecule has 3 aromatic rings. The van der Waals surface area contributed by atoms with Gasteiger partial charge in [-0.3, -0.25) is 0 Å². The minimum Gasteiger partial charge on any atom is -0.493 e. The third-order valence-electron chi connectivity index (χ3n) is 5.46. The van der Waals surface area contributed by atoms with Crippen LogP contribution in [0.4, 0.5) is 16.2 Å². The van der Waals surface area contributed by atoms with E-state index < -0.39 is 0 Å². The molecule has 0 saturated carbocycles. The predicted octanol–water partition coefficient (Wildman–Crippen LogP) is 3.67. The van der Waals surface area contributed by atoms with Gasteiger partial charge < -0.3 is 29.1 Å². The highest BCUT2D eigenvalue weighted by molar-refractivity contribution is 5.90. The second-order valence-corrected chi connectivity index (χ2v) is 7.39. The fourth-order valence-electron chi connectivity index (χ4n) is 3.62. The van der Waals surface area contributed by atoms with Crippen LogP contribution in [0.5, 0.6) is 11.5 Å². The highest BCUT2D eigenvalue weighted by Gasteiger charge is 2.22. The molecule has 2 heterocycles. The minimum atomic E-state index is -0.129. The van der Waals surface area contributed by atoms with E-state index in [2.05, 4.69) is 32.5 Å². The summed E-state index contributed by atoms with van der Waals surface area (Å²) in [6.45, 7) is 4.74. The van der Waals surface area contributed by atoms with E-state index in [1.165, 1.54) is 0 Å². The molecule has 0 aliphatic carbocycles. The van der Waals surface area contributed by atoms with Crippen LogP contribution in [0.25, 0.3) is 11.4 Å². The van der Waals surface area contributed by atoms with E-state index in [4.69, 9.17) is 14.0 Å². The molecule has 0 unspecified atom stereocenters. The largest absolute Gasteiger partial charge is 0.493 e. The van der Waals surface area contributed by atoms with Crippen molar-refractivity contribution >= 4 is 17.4 Å². The van der Waals surface area contributed by atoms with E-state index in [9.17, 15) is 4.79 Å². The standard InChI is InChI=1S/C23H27N5O4/c1-4-21-25-22(26-32-21)16-5-8-18(9-6-16)27-11-13-28(14-12-27)23(29)24-17-7-10-19(30-2)20(15-17)31-3/h5-10,15H,4,11-14H2,1-3H3,(H,24,29). The number of hydrogen-bond acceptors (Lipinski definition) is 7. The van der Waals surface area contributed by atoms with Crippen molar-refractivity contribution in [1.29, 1.82) is 0 Å². The zero-order valence-electron chi connectivity index (χ0n) is 18.5. The highest BCUT2D eigenvalue weighted by atomic mass is 16.5. The second-order valence-electron chi connectivity index (χ2n) is 7.39. The minimum absolute atomic E-state index is 0.129. The maximum atomic E-state index is 12.7. The molecule has 1 aromatic heterocycles. The summed E-state index contributed by atoms with van der Waals surface area (Å²) >= 11 is 0. The first-order valence-corrected chi connectivity index (χ1v) is 10.6. The molecule has 0 spiro atoms. The van der Waals surface area contributed by atoms with Gasteiger partial charge >= 0.3 is 6.03 Å². The molecule has 1 N–H and O–H groups in total. The number of methoxy groups -OCH3 is 2. The van der Waals surface area contributed by atoms with Crippen LogP contribution in [-0.4, -0.2) is 61.5 Å². The van der Waals surface area contributed by atoms with Gasteiger partial charge in [-0.25, -0.2) is 4.79 Å². The number of aromatic nitrogens is 2. The first-order chi connectivity index (χ1) is 15.6. The van der Waals surface area contributed by atoms with Crippen LogP contribution in [0.3, 0.4) is 0 Å². The maximum absolute atomic E-state index is 12.7. The summed E-state index contributed by atoms with van der Waals surface area (Å²) in [5.41, 5.74) is 2.69. The van der Waals surface area contributed by atoms with Gasteiger partial charge in [-0.2, -0.15) is 4.98 Å². The summed E-state index contributed by atoms with van der Waals surface area (Å²) in [5.74, 6) is 2.43. The number of amides is 2. The van der Waals surface area contributed by atoms with Crippen molar-refractivity contribution in [2.75, 3.05) is 50.6 Å². The Hall–Kier alpha value is -3.75. The van der Waals surface area contributed by atoms with E-state index in [1.54, 1.807) is 32.4 Å². The Balaban J connectivity index is 1.33. The third kappa shape index (κ3) is 4.61. The molecule has 1 saturated heterocycles. The van der Waals surface area contributed by atoms with Gasteiger partial charge in [-0.05, 0) is 36.4 Å². The van der Waals surface area contributed by atoms with Crippen molar-refractivity contribution in [3.05, 3.63) is 48.4 Å². The first kappa shape index (κ1) is 21.5. The Morgan fingerprint density at radius 2 is 1.75 bits per heavy atom. The quantitative estimate of drug-likeness (QED) is 0.629. The van der Waals surface area contributed by atoms with Crippen LogP contribution < -0.4 is 19.7 Å². The summed E-state index contributed by atoms with van der Waals surface area (Å²) in [4.78, 5) is 21.1. The van der Waals surface area contributed by atoms with Gasteiger partial charge in [0.25, 0.3) is 0 Å². The van der Waals surface area contributed by atoms with Crippen molar-refractivity contribution in [3.8, 4) is 22.9 Å².